The van der Waals surface area contributed by atoms with Gasteiger partial charge >= 0.3 is 6.09 Å². The molecule has 2 atom stereocenters. The molecule has 1 aliphatic heterocycles. The zero-order valence-corrected chi connectivity index (χ0v) is 13.8. The molecule has 23 heavy (non-hydrogen) atoms. The second kappa shape index (κ2) is 7.02. The molecule has 0 aromatic heterocycles. The first-order valence-electron chi connectivity index (χ1n) is 8.23. The van der Waals surface area contributed by atoms with Crippen LogP contribution in [-0.2, 0) is 11.3 Å². The van der Waals surface area contributed by atoms with Crippen LogP contribution < -0.4 is 4.74 Å². The highest BCUT2D eigenvalue weighted by atomic mass is 16.5. The topological polar surface area (TPSA) is 51.1 Å². The molecule has 5 heteroatoms. The molecule has 0 radical (unpaired) electrons. The van der Waals surface area contributed by atoms with Gasteiger partial charge in [-0.2, -0.15) is 0 Å². The van der Waals surface area contributed by atoms with Crippen molar-refractivity contribution in [3.63, 3.8) is 0 Å². The van der Waals surface area contributed by atoms with E-state index in [4.69, 9.17) is 14.5 Å². The molecule has 0 bridgehead atoms. The minimum atomic E-state index is -0.200. The van der Waals surface area contributed by atoms with Crippen LogP contribution in [0.4, 0.5) is 4.79 Å². The highest BCUT2D eigenvalue weighted by Gasteiger charge is 2.41. The van der Waals surface area contributed by atoms with Crippen LogP contribution in [0.25, 0.3) is 0 Å². The average Bonchev–Trinajstić information content (AvgIpc) is 3.04. The number of amides is 1. The third-order valence-corrected chi connectivity index (χ3v) is 4.94. The number of likely N-dealkylation sites (tertiary alicyclic amines) is 1. The summed E-state index contributed by atoms with van der Waals surface area (Å²) in [5, 5.41) is 0. The molecule has 0 unspecified atom stereocenters. The van der Waals surface area contributed by atoms with Crippen LogP contribution in [0.1, 0.15) is 31.2 Å². The first kappa shape index (κ1) is 15.8. The van der Waals surface area contributed by atoms with Gasteiger partial charge in [0.25, 0.3) is 0 Å². The number of aliphatic imine (C=N–C) groups is 1. The maximum Gasteiger partial charge on any atom is 0.409 e. The van der Waals surface area contributed by atoms with E-state index in [0.29, 0.717) is 12.5 Å². The Hall–Kier alpha value is -2.04. The Labute approximate surface area is 137 Å². The fourth-order valence-electron chi connectivity index (χ4n) is 3.74. The zero-order chi connectivity index (χ0) is 16.2. The minimum Gasteiger partial charge on any atom is -0.497 e. The fraction of sp³-hybridized carbons (Fsp3) is 0.556. The quantitative estimate of drug-likeness (QED) is 0.860. The molecule has 1 aliphatic carbocycles. The van der Waals surface area contributed by atoms with Gasteiger partial charge in [0, 0.05) is 24.2 Å². The van der Waals surface area contributed by atoms with Crippen molar-refractivity contribution in [3.8, 4) is 5.75 Å². The van der Waals surface area contributed by atoms with Gasteiger partial charge in [0.2, 0.25) is 0 Å². The van der Waals surface area contributed by atoms with E-state index in [2.05, 4.69) is 12.1 Å². The Morgan fingerprint density at radius 2 is 2.04 bits per heavy atom. The van der Waals surface area contributed by atoms with Crippen LogP contribution in [-0.4, -0.2) is 43.5 Å². The van der Waals surface area contributed by atoms with E-state index in [-0.39, 0.29) is 12.1 Å². The lowest BCUT2D eigenvalue weighted by Gasteiger charge is -2.31. The van der Waals surface area contributed by atoms with Gasteiger partial charge in [-0.05, 0) is 43.4 Å². The molecule has 5 nitrogen and oxygen atoms in total. The summed E-state index contributed by atoms with van der Waals surface area (Å²) in [5.74, 6) is 1.27. The van der Waals surface area contributed by atoms with Crippen LogP contribution in [0.5, 0.6) is 5.75 Å². The molecular formula is C18H24N2O3. The predicted molar refractivity (Wildman–Crippen MR) is 89.0 cm³/mol. The van der Waals surface area contributed by atoms with Crippen molar-refractivity contribution in [2.24, 2.45) is 10.9 Å². The maximum absolute atomic E-state index is 11.9. The van der Waals surface area contributed by atoms with Crippen molar-refractivity contribution >= 4 is 11.8 Å². The molecule has 3 rings (SSSR count). The number of rotatable bonds is 3. The van der Waals surface area contributed by atoms with Gasteiger partial charge in [0.15, 0.2) is 0 Å². The summed E-state index contributed by atoms with van der Waals surface area (Å²) in [6.45, 7) is 1.48. The third kappa shape index (κ3) is 3.33. The molecule has 0 N–H and O–H groups in total. The maximum atomic E-state index is 11.9. The molecule has 124 valence electrons. The molecule has 1 amide bonds. The van der Waals surface area contributed by atoms with Crippen molar-refractivity contribution < 1.29 is 14.3 Å². The average molecular weight is 316 g/mol. The van der Waals surface area contributed by atoms with Gasteiger partial charge in [0.1, 0.15) is 5.75 Å². The number of nitrogens with zero attached hydrogens (tertiary/aromatic N) is 2. The molecule has 1 saturated heterocycles. The molecule has 1 aromatic carbocycles. The number of hydrogen-bond acceptors (Lipinski definition) is 4. The summed E-state index contributed by atoms with van der Waals surface area (Å²) in [7, 11) is 3.13. The minimum absolute atomic E-state index is 0.200. The number of ether oxygens (including phenoxy) is 2. The summed E-state index contributed by atoms with van der Waals surface area (Å²) >= 11 is 0. The van der Waals surface area contributed by atoms with Gasteiger partial charge in [0.05, 0.1) is 20.8 Å². The van der Waals surface area contributed by atoms with E-state index in [0.717, 1.165) is 38.0 Å². The van der Waals surface area contributed by atoms with Crippen LogP contribution in [0.3, 0.4) is 0 Å². The van der Waals surface area contributed by atoms with E-state index in [1.165, 1.54) is 18.4 Å². The molecule has 0 spiro atoms. The van der Waals surface area contributed by atoms with Gasteiger partial charge in [-0.1, -0.05) is 12.1 Å². The lowest BCUT2D eigenvalue weighted by Crippen LogP contribution is -2.41. The van der Waals surface area contributed by atoms with Crippen LogP contribution in [0.15, 0.2) is 29.3 Å². The second-order valence-electron chi connectivity index (χ2n) is 6.17. The van der Waals surface area contributed by atoms with Crippen LogP contribution in [0.2, 0.25) is 0 Å². The molecular weight excluding hydrogens is 292 g/mol. The zero-order valence-electron chi connectivity index (χ0n) is 13.8. The molecule has 1 heterocycles. The summed E-state index contributed by atoms with van der Waals surface area (Å²) < 4.78 is 10.1. The van der Waals surface area contributed by atoms with Crippen LogP contribution >= 0.6 is 0 Å². The summed E-state index contributed by atoms with van der Waals surface area (Å²) in [5.41, 5.74) is 2.45. The first-order chi connectivity index (χ1) is 11.2. The van der Waals surface area contributed by atoms with E-state index in [9.17, 15) is 4.79 Å². The summed E-state index contributed by atoms with van der Waals surface area (Å²) in [6.07, 6.45) is 4.00. The SMILES string of the molecule is COC(=O)N1CC[C@H]2C(=NCc3ccc(OC)cc3)CCC[C@H]21. The van der Waals surface area contributed by atoms with E-state index in [1.807, 2.05) is 17.0 Å². The largest absolute Gasteiger partial charge is 0.497 e. The fourth-order valence-corrected chi connectivity index (χ4v) is 3.74. The summed E-state index contributed by atoms with van der Waals surface area (Å²) in [6, 6.07) is 8.31. The molecule has 1 saturated carbocycles. The molecule has 1 aromatic rings. The predicted octanol–water partition coefficient (Wildman–Crippen LogP) is 3.28. The van der Waals surface area contributed by atoms with Crippen molar-refractivity contribution in [2.75, 3.05) is 20.8 Å². The highest BCUT2D eigenvalue weighted by Crippen LogP contribution is 2.35. The monoisotopic (exact) mass is 316 g/mol. The Kier molecular flexibility index (Phi) is 4.84. The smallest absolute Gasteiger partial charge is 0.409 e. The van der Waals surface area contributed by atoms with E-state index >= 15 is 0 Å². The van der Waals surface area contributed by atoms with Gasteiger partial charge in [-0.3, -0.25) is 4.99 Å². The number of methoxy groups -OCH3 is 2. The summed E-state index contributed by atoms with van der Waals surface area (Å²) in [4.78, 5) is 18.6. The van der Waals surface area contributed by atoms with Crippen LogP contribution in [0, 0.1) is 5.92 Å². The Morgan fingerprint density at radius 1 is 1.26 bits per heavy atom. The van der Waals surface area contributed by atoms with E-state index < -0.39 is 0 Å². The third-order valence-electron chi connectivity index (χ3n) is 4.94. The van der Waals surface area contributed by atoms with Crippen molar-refractivity contribution in [2.45, 2.75) is 38.3 Å². The second-order valence-corrected chi connectivity index (χ2v) is 6.17. The highest BCUT2D eigenvalue weighted by molar-refractivity contribution is 5.89. The number of fused-ring (bicyclic) bond motifs is 1. The number of hydrogen-bond donors (Lipinski definition) is 0. The van der Waals surface area contributed by atoms with Gasteiger partial charge < -0.3 is 14.4 Å². The van der Waals surface area contributed by atoms with Crippen molar-refractivity contribution in [1.82, 2.24) is 4.90 Å². The number of carbonyl (C=O) groups excluding carboxylic acids is 1. The standard InChI is InChI=1S/C18H24N2O3/c1-22-14-8-6-13(7-9-14)12-19-16-4-3-5-17-15(16)10-11-20(17)18(21)23-2/h6-9,15,17H,3-5,10-12H2,1-2H3/t15-,17+/m0/s1. The first-order valence-corrected chi connectivity index (χ1v) is 8.23. The number of benzene rings is 1. The van der Waals surface area contributed by atoms with Gasteiger partial charge in [-0.15, -0.1) is 0 Å². The Bertz CT molecular complexity index is 582. The Morgan fingerprint density at radius 3 is 2.74 bits per heavy atom. The number of carbonyl (C=O) groups is 1. The van der Waals surface area contributed by atoms with Gasteiger partial charge in [-0.25, -0.2) is 4.79 Å². The van der Waals surface area contributed by atoms with Crippen molar-refractivity contribution in [3.05, 3.63) is 29.8 Å². The normalized spacial score (nSPS) is 25.3. The molecule has 2 aliphatic rings. The Balaban J connectivity index is 1.68. The molecule has 2 fully saturated rings. The van der Waals surface area contributed by atoms with Crippen molar-refractivity contribution in [1.29, 1.82) is 0 Å². The van der Waals surface area contributed by atoms with E-state index in [1.54, 1.807) is 7.11 Å². The lowest BCUT2D eigenvalue weighted by molar-refractivity contribution is 0.113. The lowest BCUT2D eigenvalue weighted by atomic mass is 9.83.